The highest BCUT2D eigenvalue weighted by Gasteiger charge is 2.23. The number of anilines is 3. The van der Waals surface area contributed by atoms with E-state index in [9.17, 15) is 4.79 Å². The van der Waals surface area contributed by atoms with Gasteiger partial charge in [0.25, 0.3) is 0 Å². The predicted octanol–water partition coefficient (Wildman–Crippen LogP) is 4.05. The van der Waals surface area contributed by atoms with Gasteiger partial charge in [0, 0.05) is 43.6 Å². The summed E-state index contributed by atoms with van der Waals surface area (Å²) in [6, 6.07) is 16.1. The van der Waals surface area contributed by atoms with E-state index < -0.39 is 0 Å². The number of carbonyl (C=O) groups is 1. The van der Waals surface area contributed by atoms with E-state index in [1.807, 2.05) is 55.1 Å². The third-order valence-corrected chi connectivity index (χ3v) is 5.92. The van der Waals surface area contributed by atoms with Crippen LogP contribution >= 0.6 is 0 Å². The number of aryl methyl sites for hydroxylation is 3. The Morgan fingerprint density at radius 1 is 0.970 bits per heavy atom. The van der Waals surface area contributed by atoms with E-state index in [1.54, 1.807) is 7.11 Å². The fraction of sp³-hybridized carbons (Fsp3) is 0.346. The maximum absolute atomic E-state index is 12.9. The number of aromatic nitrogens is 2. The van der Waals surface area contributed by atoms with E-state index in [0.717, 1.165) is 47.2 Å². The largest absolute Gasteiger partial charge is 0.496 e. The number of ether oxygens (including phenoxy) is 1. The Morgan fingerprint density at radius 3 is 2.36 bits per heavy atom. The number of piperazine rings is 1. The summed E-state index contributed by atoms with van der Waals surface area (Å²) in [7, 11) is 1.66. The maximum Gasteiger partial charge on any atom is 0.229 e. The summed E-state index contributed by atoms with van der Waals surface area (Å²) in [6.07, 6.45) is 0.405. The van der Waals surface area contributed by atoms with Gasteiger partial charge in [0.2, 0.25) is 11.9 Å². The number of carbonyl (C=O) groups excluding carboxylic acids is 1. The Morgan fingerprint density at radius 2 is 1.70 bits per heavy atom. The first kappa shape index (κ1) is 22.6. The molecule has 1 saturated heterocycles. The first-order valence-corrected chi connectivity index (χ1v) is 11.3. The first-order valence-electron chi connectivity index (χ1n) is 11.3. The van der Waals surface area contributed by atoms with Gasteiger partial charge in [-0.15, -0.1) is 0 Å². The molecule has 0 unspecified atom stereocenters. The van der Waals surface area contributed by atoms with Crippen LogP contribution in [0.5, 0.6) is 5.75 Å². The molecular formula is C26H31N5O2. The lowest BCUT2D eigenvalue weighted by atomic mass is 10.1. The monoisotopic (exact) mass is 445 g/mol. The van der Waals surface area contributed by atoms with Crippen LogP contribution in [0, 0.1) is 20.8 Å². The second-order valence-corrected chi connectivity index (χ2v) is 8.53. The number of hydrogen-bond acceptors (Lipinski definition) is 6. The van der Waals surface area contributed by atoms with Gasteiger partial charge in [-0.05, 0) is 50.1 Å². The van der Waals surface area contributed by atoms with Crippen LogP contribution in [0.4, 0.5) is 17.5 Å². The maximum atomic E-state index is 12.9. The molecule has 1 aliphatic rings. The van der Waals surface area contributed by atoms with Gasteiger partial charge in [0.1, 0.15) is 11.6 Å². The van der Waals surface area contributed by atoms with E-state index in [1.165, 1.54) is 5.56 Å². The van der Waals surface area contributed by atoms with Crippen molar-refractivity contribution in [3.05, 3.63) is 70.9 Å². The number of nitrogens with one attached hydrogen (secondary N) is 1. The normalized spacial score (nSPS) is 13.7. The fourth-order valence-corrected chi connectivity index (χ4v) is 4.06. The summed E-state index contributed by atoms with van der Waals surface area (Å²) in [6.45, 7) is 8.88. The molecule has 1 fully saturated rings. The van der Waals surface area contributed by atoms with Crippen molar-refractivity contribution in [1.82, 2.24) is 14.9 Å². The van der Waals surface area contributed by atoms with Gasteiger partial charge < -0.3 is 19.9 Å². The van der Waals surface area contributed by atoms with Crippen LogP contribution in [0.25, 0.3) is 0 Å². The topological polar surface area (TPSA) is 70.6 Å². The molecule has 1 N–H and O–H groups in total. The summed E-state index contributed by atoms with van der Waals surface area (Å²) in [5.41, 5.74) is 5.13. The third-order valence-electron chi connectivity index (χ3n) is 5.92. The van der Waals surface area contributed by atoms with Crippen LogP contribution in [0.1, 0.15) is 22.4 Å². The highest BCUT2D eigenvalue weighted by atomic mass is 16.5. The Balaban J connectivity index is 1.37. The van der Waals surface area contributed by atoms with Crippen molar-refractivity contribution in [3.8, 4) is 5.75 Å². The molecule has 2 heterocycles. The molecule has 0 radical (unpaired) electrons. The highest BCUT2D eigenvalue weighted by Crippen LogP contribution is 2.22. The average molecular weight is 446 g/mol. The van der Waals surface area contributed by atoms with Gasteiger partial charge in [0.05, 0.1) is 13.5 Å². The van der Waals surface area contributed by atoms with Crippen molar-refractivity contribution in [2.24, 2.45) is 0 Å². The Labute approximate surface area is 195 Å². The van der Waals surface area contributed by atoms with Crippen LogP contribution in [0.3, 0.4) is 0 Å². The highest BCUT2D eigenvalue weighted by molar-refractivity contribution is 5.79. The van der Waals surface area contributed by atoms with Gasteiger partial charge in [-0.25, -0.2) is 4.98 Å². The minimum absolute atomic E-state index is 0.153. The number of nitrogens with zero attached hydrogens (tertiary/aromatic N) is 4. The summed E-state index contributed by atoms with van der Waals surface area (Å²) in [5, 5.41) is 3.30. The van der Waals surface area contributed by atoms with Gasteiger partial charge in [-0.3, -0.25) is 4.79 Å². The Hall–Kier alpha value is -3.61. The molecule has 0 bridgehead atoms. The lowest BCUT2D eigenvalue weighted by Crippen LogP contribution is -2.49. The van der Waals surface area contributed by atoms with Gasteiger partial charge in [-0.1, -0.05) is 29.8 Å². The number of hydrogen-bond donors (Lipinski definition) is 1. The van der Waals surface area contributed by atoms with Gasteiger partial charge in [-0.2, -0.15) is 4.98 Å². The molecule has 0 aliphatic carbocycles. The van der Waals surface area contributed by atoms with Crippen molar-refractivity contribution in [2.45, 2.75) is 27.2 Å². The minimum atomic E-state index is 0.153. The van der Waals surface area contributed by atoms with E-state index >= 15 is 0 Å². The fourth-order valence-electron chi connectivity index (χ4n) is 4.06. The molecule has 0 atom stereocenters. The molecule has 3 aromatic rings. The molecular weight excluding hydrogens is 414 g/mol. The van der Waals surface area contributed by atoms with Crippen LogP contribution in [0.2, 0.25) is 0 Å². The molecule has 0 spiro atoms. The second kappa shape index (κ2) is 9.90. The number of benzene rings is 2. The molecule has 7 heteroatoms. The number of amides is 1. The molecule has 0 saturated carbocycles. The smallest absolute Gasteiger partial charge is 0.229 e. The lowest BCUT2D eigenvalue weighted by molar-refractivity contribution is -0.130. The zero-order valence-corrected chi connectivity index (χ0v) is 19.8. The first-order chi connectivity index (χ1) is 15.9. The molecule has 172 valence electrons. The standard InChI is InChI=1S/C26H31N5O2/c1-18-5-8-22(9-6-18)28-26-27-20(3)16-24(29-26)30-11-13-31(14-12-30)25(32)17-21-7-10-23(33-4)19(2)15-21/h5-10,15-16H,11-14,17H2,1-4H3,(H,27,28,29). The predicted molar refractivity (Wildman–Crippen MR) is 131 cm³/mol. The van der Waals surface area contributed by atoms with Crippen molar-refractivity contribution in [3.63, 3.8) is 0 Å². The minimum Gasteiger partial charge on any atom is -0.496 e. The molecule has 33 heavy (non-hydrogen) atoms. The zero-order chi connectivity index (χ0) is 23.4. The Bertz CT molecular complexity index is 1120. The van der Waals surface area contributed by atoms with Gasteiger partial charge in [0.15, 0.2) is 0 Å². The molecule has 1 aliphatic heterocycles. The third kappa shape index (κ3) is 5.61. The van der Waals surface area contributed by atoms with E-state index in [2.05, 4.69) is 34.3 Å². The molecule has 4 rings (SSSR count). The van der Waals surface area contributed by atoms with Crippen LogP contribution in [-0.4, -0.2) is 54.1 Å². The van der Waals surface area contributed by atoms with Crippen molar-refractivity contribution in [1.29, 1.82) is 0 Å². The summed E-state index contributed by atoms with van der Waals surface area (Å²) < 4.78 is 5.31. The Kier molecular flexibility index (Phi) is 6.77. The van der Waals surface area contributed by atoms with Crippen LogP contribution in [0.15, 0.2) is 48.5 Å². The van der Waals surface area contributed by atoms with Crippen molar-refractivity contribution < 1.29 is 9.53 Å². The lowest BCUT2D eigenvalue weighted by Gasteiger charge is -2.35. The number of methoxy groups -OCH3 is 1. The molecule has 2 aromatic carbocycles. The van der Waals surface area contributed by atoms with Crippen molar-refractivity contribution >= 4 is 23.4 Å². The quantitative estimate of drug-likeness (QED) is 0.617. The molecule has 1 amide bonds. The van der Waals surface area contributed by atoms with Crippen LogP contribution < -0.4 is 15.0 Å². The van der Waals surface area contributed by atoms with E-state index in [0.29, 0.717) is 25.5 Å². The van der Waals surface area contributed by atoms with Gasteiger partial charge >= 0.3 is 0 Å². The summed E-state index contributed by atoms with van der Waals surface area (Å²) in [4.78, 5) is 26.3. The second-order valence-electron chi connectivity index (χ2n) is 8.53. The zero-order valence-electron chi connectivity index (χ0n) is 19.8. The van der Waals surface area contributed by atoms with Crippen LogP contribution in [-0.2, 0) is 11.2 Å². The SMILES string of the molecule is COc1ccc(CC(=O)N2CCN(c3cc(C)nc(Nc4ccc(C)cc4)n3)CC2)cc1C. The molecule has 1 aromatic heterocycles. The van der Waals surface area contributed by atoms with E-state index in [4.69, 9.17) is 9.72 Å². The van der Waals surface area contributed by atoms with Crippen molar-refractivity contribution in [2.75, 3.05) is 43.5 Å². The number of rotatable bonds is 6. The average Bonchev–Trinajstić information content (AvgIpc) is 2.80. The van der Waals surface area contributed by atoms with E-state index in [-0.39, 0.29) is 5.91 Å². The summed E-state index contributed by atoms with van der Waals surface area (Å²) in [5.74, 6) is 2.47. The summed E-state index contributed by atoms with van der Waals surface area (Å²) >= 11 is 0. The molecule has 7 nitrogen and oxygen atoms in total.